The molecule has 0 fully saturated rings. The molecule has 1 nitrogen and oxygen atoms in total. The van der Waals surface area contributed by atoms with E-state index in [9.17, 15) is 26.3 Å². The highest BCUT2D eigenvalue weighted by molar-refractivity contribution is 5.33. The van der Waals surface area contributed by atoms with Gasteiger partial charge in [-0.1, -0.05) is 13.8 Å². The minimum atomic E-state index is -4.79. The zero-order chi connectivity index (χ0) is 15.3. The maximum Gasteiger partial charge on any atom is 0.416 e. The highest BCUT2D eigenvalue weighted by Gasteiger charge is 2.36. The molecule has 0 aromatic heterocycles. The van der Waals surface area contributed by atoms with Crippen LogP contribution in [-0.2, 0) is 18.9 Å². The van der Waals surface area contributed by atoms with Gasteiger partial charge < -0.3 is 5.32 Å². The first-order valence-corrected chi connectivity index (χ1v) is 5.57. The molecule has 1 aromatic carbocycles. The fourth-order valence-corrected chi connectivity index (χ4v) is 1.33. The minimum absolute atomic E-state index is 0.0605. The Bertz CT molecular complexity index is 362. The number of alkyl halides is 6. The third kappa shape index (κ3) is 5.50. The van der Waals surface area contributed by atoms with Crippen molar-refractivity contribution in [2.75, 3.05) is 7.05 Å². The van der Waals surface area contributed by atoms with Crippen molar-refractivity contribution in [3.63, 3.8) is 0 Å². The molecule has 0 bridgehead atoms. The van der Waals surface area contributed by atoms with Crippen LogP contribution >= 0.6 is 0 Å². The summed E-state index contributed by atoms with van der Waals surface area (Å²) in [4.78, 5) is 0. The third-order valence-electron chi connectivity index (χ3n) is 2.03. The molecule has 0 aliphatic heterocycles. The van der Waals surface area contributed by atoms with Crippen LogP contribution in [0.3, 0.4) is 0 Å². The fourth-order valence-electron chi connectivity index (χ4n) is 1.33. The molecule has 0 saturated carbocycles. The topological polar surface area (TPSA) is 12.0 Å². The smallest absolute Gasteiger partial charge is 0.316 e. The first kappa shape index (κ1) is 17.8. The van der Waals surface area contributed by atoms with Crippen LogP contribution in [0.5, 0.6) is 0 Å². The summed E-state index contributed by atoms with van der Waals surface area (Å²) in [5.74, 6) is 0. The molecule has 0 amide bonds. The Hall–Kier alpha value is -1.24. The second-order valence-electron chi connectivity index (χ2n) is 3.44. The van der Waals surface area contributed by atoms with Crippen LogP contribution in [0.1, 0.15) is 30.5 Å². The lowest BCUT2D eigenvalue weighted by Gasteiger charge is -2.13. The predicted molar refractivity (Wildman–Crippen MR) is 60.6 cm³/mol. The van der Waals surface area contributed by atoms with Crippen molar-refractivity contribution in [3.8, 4) is 0 Å². The molecule has 1 N–H and O–H groups in total. The molecular weight excluding hydrogens is 272 g/mol. The summed E-state index contributed by atoms with van der Waals surface area (Å²) < 4.78 is 74.3. The Morgan fingerprint density at radius 3 is 1.47 bits per heavy atom. The van der Waals surface area contributed by atoms with E-state index in [4.69, 9.17) is 0 Å². The van der Waals surface area contributed by atoms with Crippen molar-refractivity contribution in [3.05, 3.63) is 34.9 Å². The largest absolute Gasteiger partial charge is 0.416 e. The molecule has 0 atom stereocenters. The molecule has 1 rings (SSSR count). The lowest BCUT2D eigenvalue weighted by Crippen LogP contribution is -2.14. The van der Waals surface area contributed by atoms with Gasteiger partial charge in [0.2, 0.25) is 0 Å². The van der Waals surface area contributed by atoms with Crippen LogP contribution < -0.4 is 5.32 Å². The van der Waals surface area contributed by atoms with E-state index in [0.29, 0.717) is 12.1 Å². The summed E-state index contributed by atoms with van der Waals surface area (Å²) in [6, 6.07) is 1.51. The molecule has 1 aromatic rings. The normalized spacial score (nSPS) is 11.8. The fraction of sp³-hybridized carbons (Fsp3) is 0.500. The van der Waals surface area contributed by atoms with Crippen LogP contribution in [0.2, 0.25) is 0 Å². The Labute approximate surface area is 107 Å². The van der Waals surface area contributed by atoms with Gasteiger partial charge >= 0.3 is 12.4 Å². The zero-order valence-corrected chi connectivity index (χ0v) is 10.7. The summed E-state index contributed by atoms with van der Waals surface area (Å²) in [6.45, 7) is 3.94. The standard InChI is InChI=1S/C10H9F6N.C2H6/c1-17-5-6-2-7(9(11,12)13)4-8(3-6)10(14,15)16;1-2/h2-4,17H,5H2,1H3;1-2H3. The van der Waals surface area contributed by atoms with E-state index < -0.39 is 23.5 Å². The van der Waals surface area contributed by atoms with Gasteiger partial charge in [0, 0.05) is 6.54 Å². The van der Waals surface area contributed by atoms with Crippen molar-refractivity contribution in [2.45, 2.75) is 32.7 Å². The number of hydrogen-bond acceptors (Lipinski definition) is 1. The lowest BCUT2D eigenvalue weighted by atomic mass is 10.0. The average Bonchev–Trinajstić information content (AvgIpc) is 2.29. The minimum Gasteiger partial charge on any atom is -0.316 e. The van der Waals surface area contributed by atoms with Crippen LogP contribution in [0.15, 0.2) is 18.2 Å². The molecular formula is C12H15F6N. The number of rotatable bonds is 2. The van der Waals surface area contributed by atoms with Crippen molar-refractivity contribution in [1.82, 2.24) is 5.32 Å². The van der Waals surface area contributed by atoms with Gasteiger partial charge in [-0.3, -0.25) is 0 Å². The number of nitrogens with one attached hydrogen (secondary N) is 1. The van der Waals surface area contributed by atoms with E-state index in [2.05, 4.69) is 5.32 Å². The Kier molecular flexibility index (Phi) is 6.35. The highest BCUT2D eigenvalue weighted by atomic mass is 19.4. The average molecular weight is 287 g/mol. The summed E-state index contributed by atoms with van der Waals surface area (Å²) in [7, 11) is 1.44. The van der Waals surface area contributed by atoms with E-state index >= 15 is 0 Å². The number of halogens is 6. The molecule has 19 heavy (non-hydrogen) atoms. The summed E-state index contributed by atoms with van der Waals surface area (Å²) in [6.07, 6.45) is -9.58. The molecule has 110 valence electrons. The molecule has 7 heteroatoms. The molecule has 0 heterocycles. The SMILES string of the molecule is CC.CNCc1cc(C(F)(F)F)cc(C(F)(F)F)c1. The van der Waals surface area contributed by atoms with E-state index in [1.165, 1.54) is 7.05 Å². The van der Waals surface area contributed by atoms with Gasteiger partial charge in [0.1, 0.15) is 0 Å². The van der Waals surface area contributed by atoms with E-state index in [-0.39, 0.29) is 18.2 Å². The van der Waals surface area contributed by atoms with Gasteiger partial charge in [0.25, 0.3) is 0 Å². The highest BCUT2D eigenvalue weighted by Crippen LogP contribution is 2.36. The van der Waals surface area contributed by atoms with E-state index in [0.717, 1.165) is 0 Å². The van der Waals surface area contributed by atoms with Crippen LogP contribution in [0.25, 0.3) is 0 Å². The van der Waals surface area contributed by atoms with Gasteiger partial charge in [-0.25, -0.2) is 0 Å². The van der Waals surface area contributed by atoms with Crippen LogP contribution in [-0.4, -0.2) is 7.05 Å². The number of hydrogen-bond donors (Lipinski definition) is 1. The number of benzene rings is 1. The molecule has 0 aliphatic rings. The first-order valence-electron chi connectivity index (χ1n) is 5.57. The Morgan fingerprint density at radius 1 is 0.842 bits per heavy atom. The van der Waals surface area contributed by atoms with Gasteiger partial charge in [-0.15, -0.1) is 0 Å². The molecule has 0 aliphatic carbocycles. The van der Waals surface area contributed by atoms with Crippen molar-refractivity contribution < 1.29 is 26.3 Å². The van der Waals surface area contributed by atoms with E-state index in [1.807, 2.05) is 13.8 Å². The first-order chi connectivity index (χ1) is 8.64. The van der Waals surface area contributed by atoms with Crippen molar-refractivity contribution >= 4 is 0 Å². The van der Waals surface area contributed by atoms with E-state index in [1.54, 1.807) is 0 Å². The second kappa shape index (κ2) is 6.79. The maximum atomic E-state index is 12.4. The van der Waals surface area contributed by atoms with Gasteiger partial charge in [0.05, 0.1) is 11.1 Å². The van der Waals surface area contributed by atoms with Gasteiger partial charge in [0.15, 0.2) is 0 Å². The summed E-state index contributed by atoms with van der Waals surface area (Å²) >= 11 is 0. The van der Waals surface area contributed by atoms with Crippen LogP contribution in [0.4, 0.5) is 26.3 Å². The third-order valence-corrected chi connectivity index (χ3v) is 2.03. The van der Waals surface area contributed by atoms with Crippen molar-refractivity contribution in [1.29, 1.82) is 0 Å². The molecule has 0 spiro atoms. The lowest BCUT2D eigenvalue weighted by molar-refractivity contribution is -0.143. The maximum absolute atomic E-state index is 12.4. The van der Waals surface area contributed by atoms with Gasteiger partial charge in [-0.2, -0.15) is 26.3 Å². The zero-order valence-electron chi connectivity index (χ0n) is 10.7. The second-order valence-corrected chi connectivity index (χ2v) is 3.44. The molecule has 0 saturated heterocycles. The summed E-state index contributed by atoms with van der Waals surface area (Å²) in [5.41, 5.74) is -2.65. The van der Waals surface area contributed by atoms with Gasteiger partial charge in [-0.05, 0) is 30.8 Å². The Morgan fingerprint density at radius 2 is 1.21 bits per heavy atom. The monoisotopic (exact) mass is 287 g/mol. The van der Waals surface area contributed by atoms with Crippen LogP contribution in [0, 0.1) is 0 Å². The molecule has 0 radical (unpaired) electrons. The van der Waals surface area contributed by atoms with Crippen molar-refractivity contribution in [2.24, 2.45) is 0 Å². The Balaban J connectivity index is 0.00000154. The molecule has 0 unspecified atom stereocenters. The quantitative estimate of drug-likeness (QED) is 0.791. The summed E-state index contributed by atoms with van der Waals surface area (Å²) in [5, 5.41) is 2.51. The predicted octanol–water partition coefficient (Wildman–Crippen LogP) is 4.47.